The highest BCUT2D eigenvalue weighted by atomic mass is 16.5. The number of benzene rings is 2. The predicted molar refractivity (Wildman–Crippen MR) is 90.1 cm³/mol. The Balaban J connectivity index is 1.85. The Morgan fingerprint density at radius 1 is 1.00 bits per heavy atom. The molecule has 1 aliphatic carbocycles. The van der Waals surface area contributed by atoms with Crippen LogP contribution in [0.3, 0.4) is 0 Å². The van der Waals surface area contributed by atoms with Crippen LogP contribution in [0.1, 0.15) is 42.4 Å². The molecule has 1 saturated heterocycles. The standard InChI is InChI=1S/C21H24O/c1-2-19-21-17(12-13-22-19)14-16-10-6-7-11-18(16)20(21)15-8-4-3-5-9-15/h3-11,17,19-21H,2,12-14H2,1H3/t17-,19+,20+,21-/m0/s1. The van der Waals surface area contributed by atoms with E-state index >= 15 is 0 Å². The second-order valence-corrected chi connectivity index (χ2v) is 6.73. The quantitative estimate of drug-likeness (QED) is 0.772. The van der Waals surface area contributed by atoms with Crippen molar-refractivity contribution < 1.29 is 4.74 Å². The van der Waals surface area contributed by atoms with E-state index in [4.69, 9.17) is 4.74 Å². The first kappa shape index (κ1) is 14.0. The Morgan fingerprint density at radius 2 is 1.77 bits per heavy atom. The zero-order chi connectivity index (χ0) is 14.9. The molecule has 0 N–H and O–H groups in total. The van der Waals surface area contributed by atoms with Gasteiger partial charge in [0.1, 0.15) is 0 Å². The third-order valence-corrected chi connectivity index (χ3v) is 5.61. The topological polar surface area (TPSA) is 9.23 Å². The summed E-state index contributed by atoms with van der Waals surface area (Å²) in [5, 5.41) is 0. The minimum absolute atomic E-state index is 0.400. The van der Waals surface area contributed by atoms with E-state index in [0.717, 1.165) is 18.9 Å². The van der Waals surface area contributed by atoms with Crippen LogP contribution in [0.15, 0.2) is 54.6 Å². The lowest BCUT2D eigenvalue weighted by molar-refractivity contribution is -0.0672. The fourth-order valence-electron chi connectivity index (χ4n) is 4.67. The third kappa shape index (κ3) is 2.28. The van der Waals surface area contributed by atoms with Gasteiger partial charge in [0, 0.05) is 12.5 Å². The summed E-state index contributed by atoms with van der Waals surface area (Å²) >= 11 is 0. The highest BCUT2D eigenvalue weighted by molar-refractivity contribution is 5.42. The molecule has 1 nitrogen and oxygen atoms in total. The molecule has 0 bridgehead atoms. The van der Waals surface area contributed by atoms with Crippen LogP contribution in [0.2, 0.25) is 0 Å². The van der Waals surface area contributed by atoms with Gasteiger partial charge in [0.25, 0.3) is 0 Å². The number of ether oxygens (including phenoxy) is 1. The number of fused-ring (bicyclic) bond motifs is 2. The minimum atomic E-state index is 0.400. The molecule has 2 aromatic rings. The first-order valence-electron chi connectivity index (χ1n) is 8.63. The van der Waals surface area contributed by atoms with Gasteiger partial charge in [0.05, 0.1) is 6.10 Å². The van der Waals surface area contributed by atoms with Crippen molar-refractivity contribution >= 4 is 0 Å². The molecule has 2 aromatic carbocycles. The lowest BCUT2D eigenvalue weighted by atomic mass is 9.62. The van der Waals surface area contributed by atoms with E-state index < -0.39 is 0 Å². The molecule has 1 heterocycles. The molecule has 114 valence electrons. The molecule has 0 saturated carbocycles. The minimum Gasteiger partial charge on any atom is -0.378 e. The smallest absolute Gasteiger partial charge is 0.0612 e. The Kier molecular flexibility index (Phi) is 3.75. The van der Waals surface area contributed by atoms with Crippen molar-refractivity contribution in [1.82, 2.24) is 0 Å². The van der Waals surface area contributed by atoms with Gasteiger partial charge in [-0.1, -0.05) is 61.5 Å². The molecule has 1 fully saturated rings. The van der Waals surface area contributed by atoms with Crippen molar-refractivity contribution in [3.8, 4) is 0 Å². The third-order valence-electron chi connectivity index (χ3n) is 5.61. The number of hydrogen-bond acceptors (Lipinski definition) is 1. The van der Waals surface area contributed by atoms with Gasteiger partial charge in [-0.15, -0.1) is 0 Å². The second kappa shape index (κ2) is 5.89. The van der Waals surface area contributed by atoms with Crippen molar-refractivity contribution in [3.05, 3.63) is 71.3 Å². The molecule has 0 unspecified atom stereocenters. The lowest BCUT2D eigenvalue weighted by Gasteiger charge is -2.46. The van der Waals surface area contributed by atoms with Crippen LogP contribution in [0.5, 0.6) is 0 Å². The van der Waals surface area contributed by atoms with Crippen LogP contribution in [0.25, 0.3) is 0 Å². The fourth-order valence-corrected chi connectivity index (χ4v) is 4.67. The van der Waals surface area contributed by atoms with Gasteiger partial charge in [-0.05, 0) is 47.8 Å². The molecule has 1 aliphatic heterocycles. The Morgan fingerprint density at radius 3 is 2.59 bits per heavy atom. The fraction of sp³-hybridized carbons (Fsp3) is 0.429. The van der Waals surface area contributed by atoms with Crippen molar-refractivity contribution in [2.24, 2.45) is 11.8 Å². The predicted octanol–water partition coefficient (Wildman–Crippen LogP) is 4.81. The summed E-state index contributed by atoms with van der Waals surface area (Å²) in [6.45, 7) is 3.21. The zero-order valence-corrected chi connectivity index (χ0v) is 13.2. The van der Waals surface area contributed by atoms with E-state index in [1.165, 1.54) is 24.0 Å². The summed E-state index contributed by atoms with van der Waals surface area (Å²) < 4.78 is 6.16. The first-order valence-corrected chi connectivity index (χ1v) is 8.63. The molecular formula is C21H24O. The average Bonchev–Trinajstić information content (AvgIpc) is 2.59. The molecule has 0 spiro atoms. The van der Waals surface area contributed by atoms with Crippen LogP contribution >= 0.6 is 0 Å². The van der Waals surface area contributed by atoms with Gasteiger partial charge >= 0.3 is 0 Å². The van der Waals surface area contributed by atoms with E-state index in [2.05, 4.69) is 61.5 Å². The van der Waals surface area contributed by atoms with Crippen molar-refractivity contribution in [2.45, 2.75) is 38.2 Å². The summed E-state index contributed by atoms with van der Waals surface area (Å²) in [4.78, 5) is 0. The molecule has 2 aliphatic rings. The molecule has 0 radical (unpaired) electrons. The summed E-state index contributed by atoms with van der Waals surface area (Å²) in [5.41, 5.74) is 4.53. The number of rotatable bonds is 2. The van der Waals surface area contributed by atoms with E-state index in [-0.39, 0.29) is 0 Å². The SMILES string of the molecule is CC[C@H]1OCC[C@H]2Cc3ccccc3[C@@H](c3ccccc3)[C@@H]21. The van der Waals surface area contributed by atoms with Crippen LogP contribution < -0.4 is 0 Å². The Labute approximate surface area is 133 Å². The Hall–Kier alpha value is -1.60. The maximum atomic E-state index is 6.16. The normalized spacial score (nSPS) is 30.4. The molecule has 4 rings (SSSR count). The van der Waals surface area contributed by atoms with Crippen molar-refractivity contribution in [1.29, 1.82) is 0 Å². The van der Waals surface area contributed by atoms with E-state index in [9.17, 15) is 0 Å². The average molecular weight is 292 g/mol. The zero-order valence-electron chi connectivity index (χ0n) is 13.2. The highest BCUT2D eigenvalue weighted by Crippen LogP contribution is 2.49. The van der Waals surface area contributed by atoms with Gasteiger partial charge in [-0.25, -0.2) is 0 Å². The van der Waals surface area contributed by atoms with Crippen molar-refractivity contribution in [2.75, 3.05) is 6.61 Å². The van der Waals surface area contributed by atoms with Gasteiger partial charge in [-0.2, -0.15) is 0 Å². The summed E-state index contributed by atoms with van der Waals surface area (Å²) in [7, 11) is 0. The molecule has 4 atom stereocenters. The van der Waals surface area contributed by atoms with Crippen LogP contribution in [0.4, 0.5) is 0 Å². The maximum Gasteiger partial charge on any atom is 0.0612 e. The number of hydrogen-bond donors (Lipinski definition) is 0. The van der Waals surface area contributed by atoms with Gasteiger partial charge < -0.3 is 4.74 Å². The van der Waals surface area contributed by atoms with E-state index in [1.807, 2.05) is 0 Å². The second-order valence-electron chi connectivity index (χ2n) is 6.73. The summed E-state index contributed by atoms with van der Waals surface area (Å²) in [6, 6.07) is 20.1. The maximum absolute atomic E-state index is 6.16. The molecule has 1 heteroatoms. The monoisotopic (exact) mass is 292 g/mol. The summed E-state index contributed by atoms with van der Waals surface area (Å²) in [6.07, 6.45) is 3.95. The van der Waals surface area contributed by atoms with Gasteiger partial charge in [0.15, 0.2) is 0 Å². The van der Waals surface area contributed by atoms with Crippen LogP contribution in [-0.2, 0) is 11.2 Å². The van der Waals surface area contributed by atoms with Crippen molar-refractivity contribution in [3.63, 3.8) is 0 Å². The van der Waals surface area contributed by atoms with Gasteiger partial charge in [0.2, 0.25) is 0 Å². The van der Waals surface area contributed by atoms with E-state index in [0.29, 0.717) is 17.9 Å². The first-order chi connectivity index (χ1) is 10.9. The summed E-state index contributed by atoms with van der Waals surface area (Å²) in [5.74, 6) is 1.87. The molecular weight excluding hydrogens is 268 g/mol. The highest BCUT2D eigenvalue weighted by Gasteiger charge is 2.43. The van der Waals surface area contributed by atoms with Crippen LogP contribution in [0, 0.1) is 11.8 Å². The molecule has 0 aromatic heterocycles. The largest absolute Gasteiger partial charge is 0.378 e. The Bertz CT molecular complexity index is 633. The van der Waals surface area contributed by atoms with Gasteiger partial charge in [-0.3, -0.25) is 0 Å². The molecule has 0 amide bonds. The van der Waals surface area contributed by atoms with Crippen LogP contribution in [-0.4, -0.2) is 12.7 Å². The van der Waals surface area contributed by atoms with E-state index in [1.54, 1.807) is 5.56 Å². The molecule has 22 heavy (non-hydrogen) atoms. The lowest BCUT2D eigenvalue weighted by Crippen LogP contribution is -2.43.